The summed E-state index contributed by atoms with van der Waals surface area (Å²) >= 11 is 0. The van der Waals surface area contributed by atoms with Gasteiger partial charge in [0.2, 0.25) is 0 Å². The molecule has 0 radical (unpaired) electrons. The molecule has 0 bridgehead atoms. The molecule has 2 rings (SSSR count). The summed E-state index contributed by atoms with van der Waals surface area (Å²) in [4.78, 5) is 11.5. The molecular formula is C15H22N2O4S. The molecule has 1 heterocycles. The Bertz CT molecular complexity index is 595. The van der Waals surface area contributed by atoms with E-state index in [0.717, 1.165) is 5.56 Å². The van der Waals surface area contributed by atoms with Crippen molar-refractivity contribution in [2.45, 2.75) is 19.4 Å². The third kappa shape index (κ3) is 3.85. The maximum Gasteiger partial charge on any atom is 0.308 e. The van der Waals surface area contributed by atoms with Crippen LogP contribution in [0.15, 0.2) is 30.3 Å². The van der Waals surface area contributed by atoms with Crippen molar-refractivity contribution in [1.82, 2.24) is 8.61 Å². The average Bonchev–Trinajstić information content (AvgIpc) is 2.55. The van der Waals surface area contributed by atoms with Gasteiger partial charge in [0, 0.05) is 26.7 Å². The topological polar surface area (TPSA) is 66.9 Å². The summed E-state index contributed by atoms with van der Waals surface area (Å²) in [5.74, 6) is -0.453. The molecule has 1 saturated heterocycles. The predicted molar refractivity (Wildman–Crippen MR) is 83.1 cm³/mol. The highest BCUT2D eigenvalue weighted by Gasteiger charge is 2.33. The van der Waals surface area contributed by atoms with Crippen molar-refractivity contribution in [1.29, 1.82) is 0 Å². The van der Waals surface area contributed by atoms with E-state index in [0.29, 0.717) is 32.5 Å². The van der Waals surface area contributed by atoms with Gasteiger partial charge in [-0.05, 0) is 18.4 Å². The van der Waals surface area contributed by atoms with Gasteiger partial charge in [-0.3, -0.25) is 4.79 Å². The van der Waals surface area contributed by atoms with Crippen molar-refractivity contribution in [3.05, 3.63) is 35.9 Å². The molecule has 22 heavy (non-hydrogen) atoms. The Morgan fingerprint density at radius 2 is 1.86 bits per heavy atom. The minimum absolute atomic E-state index is 0.198. The second-order valence-corrected chi connectivity index (χ2v) is 7.48. The van der Waals surface area contributed by atoms with Crippen molar-refractivity contribution in [3.63, 3.8) is 0 Å². The lowest BCUT2D eigenvalue weighted by Gasteiger charge is -2.32. The van der Waals surface area contributed by atoms with Gasteiger partial charge in [0.15, 0.2) is 0 Å². The smallest absolute Gasteiger partial charge is 0.308 e. The van der Waals surface area contributed by atoms with E-state index in [9.17, 15) is 13.2 Å². The largest absolute Gasteiger partial charge is 0.469 e. The molecule has 1 aromatic carbocycles. The number of hydrogen-bond donors (Lipinski definition) is 0. The zero-order chi connectivity index (χ0) is 16.2. The molecule has 1 aliphatic rings. The summed E-state index contributed by atoms with van der Waals surface area (Å²) in [7, 11) is -0.563. The minimum Gasteiger partial charge on any atom is -0.469 e. The lowest BCUT2D eigenvalue weighted by atomic mass is 9.99. The van der Waals surface area contributed by atoms with Crippen molar-refractivity contribution in [3.8, 4) is 0 Å². The quantitative estimate of drug-likeness (QED) is 0.764. The van der Waals surface area contributed by atoms with Gasteiger partial charge in [0.05, 0.1) is 13.0 Å². The Balaban J connectivity index is 1.97. The highest BCUT2D eigenvalue weighted by molar-refractivity contribution is 7.86. The lowest BCUT2D eigenvalue weighted by Crippen LogP contribution is -2.46. The van der Waals surface area contributed by atoms with Crippen LogP contribution in [0.3, 0.4) is 0 Å². The van der Waals surface area contributed by atoms with Gasteiger partial charge in [-0.1, -0.05) is 30.3 Å². The summed E-state index contributed by atoms with van der Waals surface area (Å²) in [5, 5.41) is 0. The summed E-state index contributed by atoms with van der Waals surface area (Å²) in [6, 6.07) is 9.47. The Morgan fingerprint density at radius 3 is 2.41 bits per heavy atom. The second kappa shape index (κ2) is 7.21. The summed E-state index contributed by atoms with van der Waals surface area (Å²) in [6.07, 6.45) is 1.01. The van der Waals surface area contributed by atoms with Gasteiger partial charge >= 0.3 is 5.97 Å². The predicted octanol–water partition coefficient (Wildman–Crippen LogP) is 1.25. The van der Waals surface area contributed by atoms with E-state index in [1.54, 1.807) is 7.05 Å². The van der Waals surface area contributed by atoms with E-state index < -0.39 is 10.2 Å². The van der Waals surface area contributed by atoms with Crippen molar-refractivity contribution >= 4 is 16.2 Å². The molecule has 0 amide bonds. The van der Waals surface area contributed by atoms with E-state index in [-0.39, 0.29) is 11.9 Å². The number of rotatable bonds is 5. The first-order chi connectivity index (χ1) is 10.4. The van der Waals surface area contributed by atoms with Crippen LogP contribution >= 0.6 is 0 Å². The first kappa shape index (κ1) is 16.9. The Kier molecular flexibility index (Phi) is 5.55. The summed E-state index contributed by atoms with van der Waals surface area (Å²) < 4.78 is 32.7. The van der Waals surface area contributed by atoms with Gasteiger partial charge < -0.3 is 4.74 Å². The Labute approximate surface area is 131 Å². The fourth-order valence-corrected chi connectivity index (χ4v) is 3.99. The zero-order valence-electron chi connectivity index (χ0n) is 12.9. The van der Waals surface area contributed by atoms with Crippen LogP contribution in [0.4, 0.5) is 0 Å². The number of methoxy groups -OCH3 is 1. The van der Waals surface area contributed by atoms with Crippen molar-refractivity contribution in [2.24, 2.45) is 5.92 Å². The van der Waals surface area contributed by atoms with E-state index in [1.165, 1.54) is 15.7 Å². The fourth-order valence-electron chi connectivity index (χ4n) is 2.61. The van der Waals surface area contributed by atoms with E-state index in [4.69, 9.17) is 4.74 Å². The number of nitrogens with zero attached hydrogens (tertiary/aromatic N) is 2. The molecule has 7 heteroatoms. The molecule has 0 atom stereocenters. The van der Waals surface area contributed by atoms with Gasteiger partial charge in [0.25, 0.3) is 10.2 Å². The van der Waals surface area contributed by atoms with Crippen LogP contribution < -0.4 is 0 Å². The van der Waals surface area contributed by atoms with Gasteiger partial charge in [-0.2, -0.15) is 17.0 Å². The molecule has 0 aromatic heterocycles. The first-order valence-electron chi connectivity index (χ1n) is 7.28. The fraction of sp³-hybridized carbons (Fsp3) is 0.533. The first-order valence-corrected chi connectivity index (χ1v) is 8.68. The second-order valence-electron chi connectivity index (χ2n) is 5.45. The highest BCUT2D eigenvalue weighted by Crippen LogP contribution is 2.22. The maximum atomic E-state index is 12.6. The number of esters is 1. The SMILES string of the molecule is COC(=O)C1CCN(S(=O)(=O)N(C)Cc2ccccc2)CC1. The molecule has 122 valence electrons. The molecule has 0 N–H and O–H groups in total. The van der Waals surface area contributed by atoms with Crippen LogP contribution in [0.5, 0.6) is 0 Å². The van der Waals surface area contributed by atoms with Gasteiger partial charge in [0.1, 0.15) is 0 Å². The monoisotopic (exact) mass is 326 g/mol. The number of ether oxygens (including phenoxy) is 1. The van der Waals surface area contributed by atoms with Gasteiger partial charge in [-0.15, -0.1) is 0 Å². The molecule has 1 fully saturated rings. The number of hydrogen-bond acceptors (Lipinski definition) is 4. The van der Waals surface area contributed by atoms with Gasteiger partial charge in [-0.25, -0.2) is 0 Å². The van der Waals surface area contributed by atoms with Crippen LogP contribution in [-0.4, -0.2) is 50.2 Å². The standard InChI is InChI=1S/C15H22N2O4S/c1-16(12-13-6-4-3-5-7-13)22(19,20)17-10-8-14(9-11-17)15(18)21-2/h3-7,14H,8-12H2,1-2H3. The molecule has 6 nitrogen and oxygen atoms in total. The molecular weight excluding hydrogens is 304 g/mol. The Hall–Kier alpha value is -1.44. The summed E-state index contributed by atoms with van der Waals surface area (Å²) in [6.45, 7) is 1.03. The molecule has 1 aromatic rings. The lowest BCUT2D eigenvalue weighted by molar-refractivity contribution is -0.146. The van der Waals surface area contributed by atoms with Crippen molar-refractivity contribution in [2.75, 3.05) is 27.2 Å². The molecule has 0 saturated carbocycles. The molecule has 0 aliphatic carbocycles. The van der Waals surface area contributed by atoms with Crippen LogP contribution in [0.25, 0.3) is 0 Å². The minimum atomic E-state index is -3.50. The van der Waals surface area contributed by atoms with Crippen LogP contribution in [0, 0.1) is 5.92 Å². The number of benzene rings is 1. The van der Waals surface area contributed by atoms with E-state index in [1.807, 2.05) is 30.3 Å². The van der Waals surface area contributed by atoms with Crippen LogP contribution in [0.1, 0.15) is 18.4 Å². The van der Waals surface area contributed by atoms with E-state index >= 15 is 0 Å². The highest BCUT2D eigenvalue weighted by atomic mass is 32.2. The molecule has 0 unspecified atom stereocenters. The number of carbonyl (C=O) groups is 1. The molecule has 0 spiro atoms. The molecule has 1 aliphatic heterocycles. The zero-order valence-corrected chi connectivity index (χ0v) is 13.8. The summed E-state index contributed by atoms with van der Waals surface area (Å²) in [5.41, 5.74) is 0.943. The van der Waals surface area contributed by atoms with Crippen LogP contribution in [-0.2, 0) is 26.3 Å². The van der Waals surface area contributed by atoms with Crippen LogP contribution in [0.2, 0.25) is 0 Å². The van der Waals surface area contributed by atoms with E-state index in [2.05, 4.69) is 0 Å². The number of piperidine rings is 1. The third-order valence-electron chi connectivity index (χ3n) is 3.96. The maximum absolute atomic E-state index is 12.6. The third-order valence-corrected chi connectivity index (χ3v) is 5.89. The Morgan fingerprint density at radius 1 is 1.27 bits per heavy atom. The average molecular weight is 326 g/mol. The number of carbonyl (C=O) groups excluding carboxylic acids is 1. The van der Waals surface area contributed by atoms with Crippen molar-refractivity contribution < 1.29 is 17.9 Å². The normalized spacial score (nSPS) is 17.6.